The van der Waals surface area contributed by atoms with E-state index in [0.29, 0.717) is 12.8 Å². The Bertz CT molecular complexity index is 407. The second-order valence-corrected chi connectivity index (χ2v) is 5.41. The lowest BCUT2D eigenvalue weighted by atomic mass is 10.1. The smallest absolute Gasteiger partial charge is 0.411 e. The third-order valence-corrected chi connectivity index (χ3v) is 3.94. The van der Waals surface area contributed by atoms with E-state index in [2.05, 4.69) is 0 Å². The van der Waals surface area contributed by atoms with Crippen LogP contribution in [-0.4, -0.2) is 46.3 Å². The number of carboxylic acid groups (broad SMARTS) is 1. The van der Waals surface area contributed by atoms with Gasteiger partial charge >= 0.3 is 18.2 Å². The normalized spacial score (nSPS) is 25.8. The highest BCUT2D eigenvalue weighted by Crippen LogP contribution is 2.49. The number of carbonyl (C=O) groups is 2. The lowest BCUT2D eigenvalue weighted by molar-refractivity contribution is -0.163. The maximum Gasteiger partial charge on any atom is 0.411 e. The molecule has 1 heterocycles. The van der Waals surface area contributed by atoms with Gasteiger partial charge in [0.25, 0.3) is 0 Å². The third kappa shape index (κ3) is 2.83. The minimum Gasteiger partial charge on any atom is -0.480 e. The Kier molecular flexibility index (Phi) is 3.84. The topological polar surface area (TPSA) is 69.6 Å². The summed E-state index contributed by atoms with van der Waals surface area (Å²) in [6, 6.07) is -1.96. The molecule has 5 nitrogen and oxygen atoms in total. The van der Waals surface area contributed by atoms with E-state index in [-0.39, 0.29) is 25.8 Å². The number of nitrogens with one attached hydrogen (secondary N) is 1. The van der Waals surface area contributed by atoms with E-state index in [1.807, 2.05) is 5.32 Å². The van der Waals surface area contributed by atoms with Gasteiger partial charge < -0.3 is 15.3 Å². The van der Waals surface area contributed by atoms with E-state index in [4.69, 9.17) is 5.11 Å². The highest BCUT2D eigenvalue weighted by atomic mass is 19.4. The van der Waals surface area contributed by atoms with Crippen LogP contribution in [0.4, 0.5) is 18.0 Å². The van der Waals surface area contributed by atoms with E-state index < -0.39 is 29.8 Å². The standard InChI is InChI=1S/C12H17F3N2O3/c13-12(14,15)11(5-6-11)16-10(20)17-7-3-1-2-4-8(17)9(18)19/h8H,1-7H2,(H,16,20)(H,18,19). The van der Waals surface area contributed by atoms with Gasteiger partial charge in [0.1, 0.15) is 11.6 Å². The number of urea groups is 1. The van der Waals surface area contributed by atoms with Crippen molar-refractivity contribution < 1.29 is 27.9 Å². The quantitative estimate of drug-likeness (QED) is 0.819. The maximum atomic E-state index is 12.8. The minimum atomic E-state index is -4.49. The number of aliphatic carboxylic acids is 1. The first-order chi connectivity index (χ1) is 9.27. The van der Waals surface area contributed by atoms with Crippen molar-refractivity contribution in [3.63, 3.8) is 0 Å². The van der Waals surface area contributed by atoms with Crippen molar-refractivity contribution in [2.45, 2.75) is 56.3 Å². The van der Waals surface area contributed by atoms with E-state index in [0.717, 1.165) is 11.3 Å². The van der Waals surface area contributed by atoms with Crippen LogP contribution in [0.2, 0.25) is 0 Å². The van der Waals surface area contributed by atoms with Crippen LogP contribution in [0, 0.1) is 0 Å². The summed E-state index contributed by atoms with van der Waals surface area (Å²) < 4.78 is 38.4. The molecule has 20 heavy (non-hydrogen) atoms. The zero-order valence-electron chi connectivity index (χ0n) is 10.9. The van der Waals surface area contributed by atoms with E-state index >= 15 is 0 Å². The fraction of sp³-hybridized carbons (Fsp3) is 0.833. The van der Waals surface area contributed by atoms with Crippen molar-refractivity contribution in [3.05, 3.63) is 0 Å². The number of likely N-dealkylation sites (tertiary alicyclic amines) is 1. The molecule has 0 aromatic heterocycles. The highest BCUT2D eigenvalue weighted by Gasteiger charge is 2.64. The molecular weight excluding hydrogens is 277 g/mol. The van der Waals surface area contributed by atoms with Gasteiger partial charge in [-0.1, -0.05) is 12.8 Å². The van der Waals surface area contributed by atoms with Crippen LogP contribution in [0.15, 0.2) is 0 Å². The first-order valence-corrected chi connectivity index (χ1v) is 6.65. The molecule has 0 aromatic rings. The molecule has 0 radical (unpaired) electrons. The first kappa shape index (κ1) is 14.9. The molecule has 1 saturated heterocycles. The van der Waals surface area contributed by atoms with Crippen molar-refractivity contribution >= 4 is 12.0 Å². The molecule has 1 aliphatic carbocycles. The molecule has 0 aromatic carbocycles. The summed E-state index contributed by atoms with van der Waals surface area (Å²) in [5, 5.41) is 11.1. The molecule has 1 saturated carbocycles. The third-order valence-electron chi connectivity index (χ3n) is 3.94. The molecule has 0 bridgehead atoms. The second-order valence-electron chi connectivity index (χ2n) is 5.41. The minimum absolute atomic E-state index is 0.145. The van der Waals surface area contributed by atoms with Gasteiger partial charge in [-0.05, 0) is 25.7 Å². The molecule has 2 N–H and O–H groups in total. The Balaban J connectivity index is 2.08. The molecule has 8 heteroatoms. The van der Waals surface area contributed by atoms with E-state index in [9.17, 15) is 22.8 Å². The molecule has 1 unspecified atom stereocenters. The van der Waals surface area contributed by atoms with E-state index in [1.54, 1.807) is 0 Å². The van der Waals surface area contributed by atoms with Crippen molar-refractivity contribution in [3.8, 4) is 0 Å². The molecular formula is C12H17F3N2O3. The van der Waals surface area contributed by atoms with Gasteiger partial charge in [-0.3, -0.25) is 0 Å². The molecule has 2 amide bonds. The van der Waals surface area contributed by atoms with Crippen LogP contribution in [-0.2, 0) is 4.79 Å². The van der Waals surface area contributed by atoms with Crippen molar-refractivity contribution in [1.29, 1.82) is 0 Å². The molecule has 2 fully saturated rings. The number of nitrogens with zero attached hydrogens (tertiary/aromatic N) is 1. The zero-order valence-corrected chi connectivity index (χ0v) is 10.9. The lowest BCUT2D eigenvalue weighted by Crippen LogP contribution is -2.56. The molecule has 1 atom stereocenters. The zero-order chi connectivity index (χ0) is 15.0. The van der Waals surface area contributed by atoms with Crippen molar-refractivity contribution in [2.75, 3.05) is 6.54 Å². The summed E-state index contributed by atoms with van der Waals surface area (Å²) in [7, 11) is 0. The average Bonchev–Trinajstić information content (AvgIpc) is 3.10. The SMILES string of the molecule is O=C(O)C1CCCCCN1C(=O)NC1(C(F)(F)F)CC1. The van der Waals surface area contributed by atoms with Gasteiger partial charge in [0.15, 0.2) is 0 Å². The summed E-state index contributed by atoms with van der Waals surface area (Å²) in [4.78, 5) is 24.2. The number of hydrogen-bond donors (Lipinski definition) is 2. The number of carboxylic acids is 1. The summed E-state index contributed by atoms with van der Waals surface area (Å²) in [5.74, 6) is -1.17. The van der Waals surface area contributed by atoms with Gasteiger partial charge in [-0.2, -0.15) is 13.2 Å². The lowest BCUT2D eigenvalue weighted by Gasteiger charge is -2.30. The Labute approximate surface area is 114 Å². The van der Waals surface area contributed by atoms with E-state index in [1.165, 1.54) is 0 Å². The van der Waals surface area contributed by atoms with Crippen LogP contribution in [0.5, 0.6) is 0 Å². The number of halogens is 3. The fourth-order valence-electron chi connectivity index (χ4n) is 2.49. The van der Waals surface area contributed by atoms with Crippen LogP contribution < -0.4 is 5.32 Å². The number of amides is 2. The van der Waals surface area contributed by atoms with Crippen molar-refractivity contribution in [1.82, 2.24) is 10.2 Å². The molecule has 2 rings (SSSR count). The Morgan fingerprint density at radius 3 is 2.35 bits per heavy atom. The summed E-state index contributed by atoms with van der Waals surface area (Å²) in [6.07, 6.45) is -2.46. The summed E-state index contributed by atoms with van der Waals surface area (Å²) in [6.45, 7) is 0.177. The van der Waals surface area contributed by atoms with Gasteiger partial charge in [-0.25, -0.2) is 9.59 Å². The Hall–Kier alpha value is -1.47. The van der Waals surface area contributed by atoms with Crippen LogP contribution in [0.1, 0.15) is 38.5 Å². The van der Waals surface area contributed by atoms with Gasteiger partial charge in [-0.15, -0.1) is 0 Å². The first-order valence-electron chi connectivity index (χ1n) is 6.65. The van der Waals surface area contributed by atoms with Crippen LogP contribution >= 0.6 is 0 Å². The number of rotatable bonds is 2. The average molecular weight is 294 g/mol. The number of carbonyl (C=O) groups excluding carboxylic acids is 1. The summed E-state index contributed by atoms with van der Waals surface area (Å²) in [5.41, 5.74) is -2.15. The summed E-state index contributed by atoms with van der Waals surface area (Å²) >= 11 is 0. The molecule has 114 valence electrons. The Morgan fingerprint density at radius 2 is 1.85 bits per heavy atom. The molecule has 2 aliphatic rings. The number of alkyl halides is 3. The predicted molar refractivity (Wildman–Crippen MR) is 63.1 cm³/mol. The molecule has 1 aliphatic heterocycles. The van der Waals surface area contributed by atoms with Crippen LogP contribution in [0.3, 0.4) is 0 Å². The predicted octanol–water partition coefficient (Wildman–Crippen LogP) is 2.12. The molecule has 0 spiro atoms. The maximum absolute atomic E-state index is 12.8. The van der Waals surface area contributed by atoms with Gasteiger partial charge in [0, 0.05) is 6.54 Å². The monoisotopic (exact) mass is 294 g/mol. The Morgan fingerprint density at radius 1 is 1.20 bits per heavy atom. The second kappa shape index (κ2) is 5.14. The fourth-order valence-corrected chi connectivity index (χ4v) is 2.49. The van der Waals surface area contributed by atoms with Crippen LogP contribution in [0.25, 0.3) is 0 Å². The highest BCUT2D eigenvalue weighted by molar-refractivity contribution is 5.83. The van der Waals surface area contributed by atoms with Gasteiger partial charge in [0.2, 0.25) is 0 Å². The largest absolute Gasteiger partial charge is 0.480 e. The number of hydrogen-bond acceptors (Lipinski definition) is 2. The van der Waals surface area contributed by atoms with Gasteiger partial charge in [0.05, 0.1) is 0 Å². The van der Waals surface area contributed by atoms with Crippen molar-refractivity contribution in [2.24, 2.45) is 0 Å².